The highest BCUT2D eigenvalue weighted by Crippen LogP contribution is 2.38. The van der Waals surface area contributed by atoms with E-state index in [0.29, 0.717) is 6.54 Å². The number of para-hydroxylation sites is 1. The van der Waals surface area contributed by atoms with E-state index in [9.17, 15) is 4.79 Å². The van der Waals surface area contributed by atoms with E-state index in [-0.39, 0.29) is 11.9 Å². The first-order chi connectivity index (χ1) is 13.3. The number of carbonyl (C=O) groups excluding carboxylic acids is 1. The Balaban J connectivity index is 1.84. The molecule has 3 aromatic rings. The molecule has 3 nitrogen and oxygen atoms in total. The summed E-state index contributed by atoms with van der Waals surface area (Å²) in [6, 6.07) is 16.5. The molecule has 0 bridgehead atoms. The fourth-order valence-electron chi connectivity index (χ4n) is 3.76. The smallest absolute Gasteiger partial charge is 0.298 e. The van der Waals surface area contributed by atoms with Gasteiger partial charge >= 0.3 is 0 Å². The Labute approximate surface area is 175 Å². The molecule has 1 N–H and O–H groups in total. The third-order valence-corrected chi connectivity index (χ3v) is 6.43. The van der Waals surface area contributed by atoms with Gasteiger partial charge < -0.3 is 9.88 Å². The zero-order valence-corrected chi connectivity index (χ0v) is 18.9. The van der Waals surface area contributed by atoms with Gasteiger partial charge in [0, 0.05) is 27.6 Å². The average Bonchev–Trinajstić information content (AvgIpc) is 3.04. The highest BCUT2D eigenvalue weighted by Gasteiger charge is 2.34. The van der Waals surface area contributed by atoms with Crippen molar-refractivity contribution in [2.75, 3.05) is 6.54 Å². The molecule has 142 valence electrons. The van der Waals surface area contributed by atoms with E-state index in [4.69, 9.17) is 0 Å². The maximum Gasteiger partial charge on any atom is 0.298 e. The van der Waals surface area contributed by atoms with Crippen molar-refractivity contribution in [1.29, 1.82) is 0 Å². The van der Waals surface area contributed by atoms with Gasteiger partial charge in [-0.25, -0.2) is 0 Å². The Bertz CT molecular complexity index is 1100. The number of carbonyl (C=O) groups is 1. The molecule has 1 aliphatic heterocycles. The summed E-state index contributed by atoms with van der Waals surface area (Å²) in [5.74, 6) is 2.86. The second-order valence-corrected chi connectivity index (χ2v) is 13.9. The molecular formula is C23H23BrN2OSi. The number of rotatable bonds is 1. The van der Waals surface area contributed by atoms with Crippen LogP contribution in [0.3, 0.4) is 0 Å². The van der Waals surface area contributed by atoms with Crippen molar-refractivity contribution in [3.8, 4) is 11.5 Å². The molecule has 0 saturated carbocycles. The lowest BCUT2D eigenvalue weighted by Crippen LogP contribution is -2.40. The van der Waals surface area contributed by atoms with Gasteiger partial charge in [0.15, 0.2) is 0 Å². The summed E-state index contributed by atoms with van der Waals surface area (Å²) in [6.45, 7) is 7.15. The number of fused-ring (bicyclic) bond motifs is 3. The van der Waals surface area contributed by atoms with Crippen LogP contribution >= 0.6 is 15.9 Å². The summed E-state index contributed by atoms with van der Waals surface area (Å²) in [7, 11) is -1.61. The van der Waals surface area contributed by atoms with E-state index >= 15 is 0 Å². The molecule has 28 heavy (non-hydrogen) atoms. The Hall–Kier alpha value is -2.29. The second-order valence-electron chi connectivity index (χ2n) is 8.27. The van der Waals surface area contributed by atoms with Gasteiger partial charge in [0.05, 0.1) is 6.04 Å². The second kappa shape index (κ2) is 7.27. The van der Waals surface area contributed by atoms with Gasteiger partial charge in [0.2, 0.25) is 0 Å². The van der Waals surface area contributed by atoms with E-state index < -0.39 is 8.07 Å². The number of H-pyrrole nitrogens is 1. The molecule has 1 amide bonds. The fourth-order valence-corrected chi connectivity index (χ4v) is 4.51. The van der Waals surface area contributed by atoms with Crippen molar-refractivity contribution in [3.63, 3.8) is 0 Å². The molecule has 0 radical (unpaired) electrons. The molecule has 0 aliphatic carbocycles. The highest BCUT2D eigenvalue weighted by molar-refractivity contribution is 9.10. The van der Waals surface area contributed by atoms with Crippen molar-refractivity contribution in [2.45, 2.75) is 32.1 Å². The highest BCUT2D eigenvalue weighted by atomic mass is 79.9. The molecular weight excluding hydrogens is 428 g/mol. The monoisotopic (exact) mass is 450 g/mol. The maximum atomic E-state index is 13.1. The van der Waals surface area contributed by atoms with Crippen LogP contribution in [0.15, 0.2) is 53.0 Å². The molecule has 4 rings (SSSR count). The zero-order chi connectivity index (χ0) is 19.9. The van der Waals surface area contributed by atoms with Crippen molar-refractivity contribution in [3.05, 3.63) is 69.8 Å². The molecule has 1 atom stereocenters. The van der Waals surface area contributed by atoms with Crippen molar-refractivity contribution in [1.82, 2.24) is 9.88 Å². The standard InChI is InChI=1S/C23H23BrN2OSi/c1-28(2,3)15-13-21(27)26-14-12-19-18-6-4-5-7-20(18)25-22(19)23(26)16-8-10-17(24)11-9-16/h4-11,23,25H,12,14H2,1-3H3. The Morgan fingerprint density at radius 3 is 2.57 bits per heavy atom. The molecule has 1 unspecified atom stereocenters. The minimum absolute atomic E-state index is 0.0837. The molecule has 1 aliphatic rings. The Kier molecular flexibility index (Phi) is 4.94. The predicted molar refractivity (Wildman–Crippen MR) is 121 cm³/mol. The van der Waals surface area contributed by atoms with E-state index in [0.717, 1.165) is 27.7 Å². The lowest BCUT2D eigenvalue weighted by Gasteiger charge is -2.35. The number of hydrogen-bond acceptors (Lipinski definition) is 1. The van der Waals surface area contributed by atoms with E-state index in [1.54, 1.807) is 0 Å². The number of nitrogens with one attached hydrogen (secondary N) is 1. The van der Waals surface area contributed by atoms with Crippen LogP contribution in [-0.4, -0.2) is 30.4 Å². The molecule has 0 spiro atoms. The van der Waals surface area contributed by atoms with Gasteiger partial charge in [0.1, 0.15) is 8.07 Å². The van der Waals surface area contributed by atoms with Gasteiger partial charge in [0.25, 0.3) is 5.91 Å². The van der Waals surface area contributed by atoms with Crippen LogP contribution in [0.2, 0.25) is 19.6 Å². The first-order valence-corrected chi connectivity index (χ1v) is 13.8. The summed E-state index contributed by atoms with van der Waals surface area (Å²) in [4.78, 5) is 18.6. The zero-order valence-electron chi connectivity index (χ0n) is 16.3. The van der Waals surface area contributed by atoms with Crippen molar-refractivity contribution < 1.29 is 4.79 Å². The van der Waals surface area contributed by atoms with Crippen LogP contribution in [0, 0.1) is 11.5 Å². The van der Waals surface area contributed by atoms with Crippen LogP contribution in [-0.2, 0) is 11.2 Å². The largest absolute Gasteiger partial charge is 0.356 e. The molecule has 0 saturated heterocycles. The number of amides is 1. The summed E-state index contributed by atoms with van der Waals surface area (Å²) >= 11 is 3.51. The molecule has 5 heteroatoms. The third kappa shape index (κ3) is 3.67. The van der Waals surface area contributed by atoms with Crippen LogP contribution < -0.4 is 0 Å². The van der Waals surface area contributed by atoms with Crippen molar-refractivity contribution in [2.24, 2.45) is 0 Å². The quantitative estimate of drug-likeness (QED) is 0.396. The van der Waals surface area contributed by atoms with E-state index in [1.165, 1.54) is 10.9 Å². The molecule has 0 fully saturated rings. The van der Waals surface area contributed by atoms with E-state index in [2.05, 4.69) is 82.4 Å². The molecule has 2 heterocycles. The van der Waals surface area contributed by atoms with Gasteiger partial charge in [-0.3, -0.25) is 4.79 Å². The van der Waals surface area contributed by atoms with Crippen LogP contribution in [0.25, 0.3) is 10.9 Å². The normalized spacial score (nSPS) is 16.4. The topological polar surface area (TPSA) is 36.1 Å². The SMILES string of the molecule is C[Si](C)(C)C#CC(=O)N1CCc2c([nH]c3ccccc23)C1c1ccc(Br)cc1. The van der Waals surface area contributed by atoms with Gasteiger partial charge in [-0.1, -0.05) is 65.9 Å². The number of hydrogen-bond donors (Lipinski definition) is 1. The minimum atomic E-state index is -1.61. The first-order valence-electron chi connectivity index (χ1n) is 9.52. The summed E-state index contributed by atoms with van der Waals surface area (Å²) in [6.07, 6.45) is 0.840. The Morgan fingerprint density at radius 2 is 1.86 bits per heavy atom. The van der Waals surface area contributed by atoms with Crippen LogP contribution in [0.1, 0.15) is 22.9 Å². The third-order valence-electron chi connectivity index (χ3n) is 5.03. The lowest BCUT2D eigenvalue weighted by molar-refractivity contribution is -0.127. The summed E-state index contributed by atoms with van der Waals surface area (Å²) in [5.41, 5.74) is 7.87. The van der Waals surface area contributed by atoms with Crippen LogP contribution in [0.5, 0.6) is 0 Å². The number of aromatic nitrogens is 1. The van der Waals surface area contributed by atoms with Gasteiger partial charge in [-0.2, -0.15) is 0 Å². The average molecular weight is 451 g/mol. The van der Waals surface area contributed by atoms with E-state index in [1.807, 2.05) is 23.1 Å². The van der Waals surface area contributed by atoms with Crippen LogP contribution in [0.4, 0.5) is 0 Å². The molecule has 1 aromatic heterocycles. The first kappa shape index (κ1) is 19.0. The molecule has 2 aromatic carbocycles. The lowest BCUT2D eigenvalue weighted by atomic mass is 9.92. The van der Waals surface area contributed by atoms with Crippen molar-refractivity contribution >= 4 is 40.8 Å². The predicted octanol–water partition coefficient (Wildman–Crippen LogP) is 5.29. The summed E-state index contributed by atoms with van der Waals surface area (Å²) < 4.78 is 1.03. The Morgan fingerprint density at radius 1 is 1.14 bits per heavy atom. The maximum absolute atomic E-state index is 13.1. The fraction of sp³-hybridized carbons (Fsp3) is 0.261. The van der Waals surface area contributed by atoms with Gasteiger partial charge in [-0.15, -0.1) is 5.54 Å². The minimum Gasteiger partial charge on any atom is -0.356 e. The summed E-state index contributed by atoms with van der Waals surface area (Å²) in [5, 5.41) is 1.25. The number of nitrogens with zero attached hydrogens (tertiary/aromatic N) is 1. The number of aromatic amines is 1. The number of halogens is 1. The van der Waals surface area contributed by atoms with Gasteiger partial charge in [-0.05, 0) is 41.7 Å². The number of benzene rings is 2.